The predicted molar refractivity (Wildman–Crippen MR) is 127 cm³/mol. The Kier molecular flexibility index (Phi) is 6.74. The number of thioether (sulfide) groups is 1. The van der Waals surface area contributed by atoms with E-state index in [2.05, 4.69) is 4.98 Å². The molecule has 0 saturated carbocycles. The second kappa shape index (κ2) is 9.87. The summed E-state index contributed by atoms with van der Waals surface area (Å²) >= 11 is 1.53. The van der Waals surface area contributed by atoms with Crippen molar-refractivity contribution in [2.45, 2.75) is 19.0 Å². The summed E-state index contributed by atoms with van der Waals surface area (Å²) in [7, 11) is 0. The predicted octanol–water partition coefficient (Wildman–Crippen LogP) is 3.74. The third kappa shape index (κ3) is 4.47. The van der Waals surface area contributed by atoms with E-state index in [1.165, 1.54) is 22.7 Å². The van der Waals surface area contributed by atoms with Gasteiger partial charge < -0.3 is 10.0 Å². The normalized spacial score (nSPS) is 13.7. The van der Waals surface area contributed by atoms with Gasteiger partial charge in [0, 0.05) is 6.20 Å². The Morgan fingerprint density at radius 2 is 1.64 bits per heavy atom. The maximum absolute atomic E-state index is 14.0. The minimum Gasteiger partial charge on any atom is -0.506 e. The van der Waals surface area contributed by atoms with Crippen LogP contribution in [-0.2, 0) is 11.3 Å². The summed E-state index contributed by atoms with van der Waals surface area (Å²) in [6.45, 7) is 0.0795. The van der Waals surface area contributed by atoms with Crippen LogP contribution in [0.15, 0.2) is 72.9 Å². The first-order valence-electron chi connectivity index (χ1n) is 10.5. The van der Waals surface area contributed by atoms with Gasteiger partial charge in [0.2, 0.25) is 0 Å². The first kappa shape index (κ1) is 22.5. The van der Waals surface area contributed by atoms with Crippen molar-refractivity contribution in [1.82, 2.24) is 9.88 Å². The van der Waals surface area contributed by atoms with E-state index in [-0.39, 0.29) is 18.7 Å². The van der Waals surface area contributed by atoms with Gasteiger partial charge in [0.25, 0.3) is 17.7 Å². The molecule has 8 heteroatoms. The molecule has 1 aromatic heterocycles. The van der Waals surface area contributed by atoms with Crippen LogP contribution in [-0.4, -0.2) is 50.8 Å². The van der Waals surface area contributed by atoms with Gasteiger partial charge in [0.1, 0.15) is 11.8 Å². The quantitative estimate of drug-likeness (QED) is 0.514. The van der Waals surface area contributed by atoms with Crippen LogP contribution in [0.2, 0.25) is 0 Å². The fraction of sp³-hybridized carbons (Fsp3) is 0.200. The Morgan fingerprint density at radius 3 is 2.24 bits per heavy atom. The Morgan fingerprint density at radius 1 is 1.00 bits per heavy atom. The van der Waals surface area contributed by atoms with E-state index in [4.69, 9.17) is 0 Å². The number of phenols is 1. The van der Waals surface area contributed by atoms with Crippen molar-refractivity contribution in [2.24, 2.45) is 0 Å². The lowest BCUT2D eigenvalue weighted by Crippen LogP contribution is -2.51. The number of benzene rings is 2. The standard InChI is InChI=1S/C25H23N3O4S/c1-33-15-13-21(28-23(30)18-9-2-3-10-19(18)24(28)31)25(32)27(16-17-8-6-7-14-26-17)20-11-4-5-12-22(20)29/h2-12,14,21,29H,13,15-16H2,1H3. The number of aromatic hydroxyl groups is 1. The van der Waals surface area contributed by atoms with Crippen LogP contribution in [0.5, 0.6) is 5.75 Å². The maximum atomic E-state index is 14.0. The zero-order chi connectivity index (χ0) is 23.4. The van der Waals surface area contributed by atoms with Crippen LogP contribution in [0.3, 0.4) is 0 Å². The number of aromatic nitrogens is 1. The van der Waals surface area contributed by atoms with Crippen LogP contribution in [0.1, 0.15) is 32.8 Å². The van der Waals surface area contributed by atoms with E-state index < -0.39 is 23.8 Å². The smallest absolute Gasteiger partial charge is 0.262 e. The highest BCUT2D eigenvalue weighted by atomic mass is 32.2. The molecule has 1 aliphatic rings. The Hall–Kier alpha value is -3.65. The van der Waals surface area contributed by atoms with Gasteiger partial charge in [-0.1, -0.05) is 30.3 Å². The van der Waals surface area contributed by atoms with Gasteiger partial charge in [0.15, 0.2) is 0 Å². The third-order valence-corrected chi connectivity index (χ3v) is 6.15. The van der Waals surface area contributed by atoms with Gasteiger partial charge in [-0.05, 0) is 54.8 Å². The van der Waals surface area contributed by atoms with Gasteiger partial charge in [-0.25, -0.2) is 0 Å². The molecule has 168 valence electrons. The number of imide groups is 1. The molecule has 1 N–H and O–H groups in total. The summed E-state index contributed by atoms with van der Waals surface area (Å²) < 4.78 is 0. The largest absolute Gasteiger partial charge is 0.506 e. The van der Waals surface area contributed by atoms with Crippen molar-refractivity contribution in [1.29, 1.82) is 0 Å². The molecule has 3 amide bonds. The topological polar surface area (TPSA) is 90.8 Å². The van der Waals surface area contributed by atoms with Gasteiger partial charge in [0.05, 0.1) is 29.1 Å². The number of carbonyl (C=O) groups excluding carboxylic acids is 3. The number of hydrogen-bond acceptors (Lipinski definition) is 6. The van der Waals surface area contributed by atoms with Gasteiger partial charge in [-0.3, -0.25) is 24.3 Å². The fourth-order valence-electron chi connectivity index (χ4n) is 3.89. The second-order valence-corrected chi connectivity index (χ2v) is 8.54. The molecule has 1 aliphatic heterocycles. The number of para-hydroxylation sites is 2. The average molecular weight is 462 g/mol. The molecular weight excluding hydrogens is 438 g/mol. The molecule has 2 heterocycles. The number of carbonyl (C=O) groups is 3. The molecule has 0 aliphatic carbocycles. The molecule has 0 saturated heterocycles. The number of anilines is 1. The molecule has 1 unspecified atom stereocenters. The van der Waals surface area contributed by atoms with E-state index in [9.17, 15) is 19.5 Å². The van der Waals surface area contributed by atoms with Crippen molar-refractivity contribution < 1.29 is 19.5 Å². The summed E-state index contributed by atoms with van der Waals surface area (Å²) in [5.74, 6) is -0.920. The number of nitrogens with zero attached hydrogens (tertiary/aromatic N) is 3. The third-order valence-electron chi connectivity index (χ3n) is 5.50. The van der Waals surface area contributed by atoms with E-state index in [1.807, 2.05) is 12.3 Å². The van der Waals surface area contributed by atoms with Crippen molar-refractivity contribution in [3.63, 3.8) is 0 Å². The van der Waals surface area contributed by atoms with E-state index >= 15 is 0 Å². The first-order valence-corrected chi connectivity index (χ1v) is 11.9. The first-order chi connectivity index (χ1) is 16.0. The van der Waals surface area contributed by atoms with Crippen molar-refractivity contribution in [3.8, 4) is 5.75 Å². The van der Waals surface area contributed by atoms with Gasteiger partial charge in [-0.2, -0.15) is 11.8 Å². The highest BCUT2D eigenvalue weighted by molar-refractivity contribution is 7.98. The molecule has 2 aromatic carbocycles. The maximum Gasteiger partial charge on any atom is 0.262 e. The lowest BCUT2D eigenvalue weighted by molar-refractivity contribution is -0.122. The average Bonchev–Trinajstić information content (AvgIpc) is 3.09. The van der Waals surface area contributed by atoms with Crippen molar-refractivity contribution in [3.05, 3.63) is 89.7 Å². The lowest BCUT2D eigenvalue weighted by atomic mass is 10.1. The highest BCUT2D eigenvalue weighted by Crippen LogP contribution is 2.32. The van der Waals surface area contributed by atoms with E-state index in [1.54, 1.807) is 60.8 Å². The van der Waals surface area contributed by atoms with Crippen LogP contribution in [0.25, 0.3) is 0 Å². The van der Waals surface area contributed by atoms with E-state index in [0.717, 1.165) is 4.90 Å². The fourth-order valence-corrected chi connectivity index (χ4v) is 4.35. The van der Waals surface area contributed by atoms with Crippen LogP contribution in [0.4, 0.5) is 5.69 Å². The number of phenolic OH excluding ortho intramolecular Hbond substituents is 1. The van der Waals surface area contributed by atoms with E-state index in [0.29, 0.717) is 28.3 Å². The number of fused-ring (bicyclic) bond motifs is 1. The molecular formula is C25H23N3O4S. The molecule has 3 aromatic rings. The zero-order valence-electron chi connectivity index (χ0n) is 18.0. The number of pyridine rings is 1. The lowest BCUT2D eigenvalue weighted by Gasteiger charge is -2.31. The molecule has 33 heavy (non-hydrogen) atoms. The monoisotopic (exact) mass is 461 g/mol. The molecule has 7 nitrogen and oxygen atoms in total. The highest BCUT2D eigenvalue weighted by Gasteiger charge is 2.44. The number of rotatable bonds is 8. The molecule has 0 radical (unpaired) electrons. The molecule has 0 fully saturated rings. The van der Waals surface area contributed by atoms with Crippen LogP contribution in [0, 0.1) is 0 Å². The molecule has 4 rings (SSSR count). The zero-order valence-corrected chi connectivity index (χ0v) is 18.9. The minimum absolute atomic E-state index is 0.0761. The number of hydrogen-bond donors (Lipinski definition) is 1. The molecule has 0 spiro atoms. The Bertz CT molecular complexity index is 1150. The van der Waals surface area contributed by atoms with Crippen molar-refractivity contribution in [2.75, 3.05) is 16.9 Å². The van der Waals surface area contributed by atoms with Gasteiger partial charge in [-0.15, -0.1) is 0 Å². The summed E-state index contributed by atoms with van der Waals surface area (Å²) in [5.41, 5.74) is 1.49. The van der Waals surface area contributed by atoms with Gasteiger partial charge >= 0.3 is 0 Å². The SMILES string of the molecule is CSCCC(C(=O)N(Cc1ccccn1)c1ccccc1O)N1C(=O)c2ccccc2C1=O. The minimum atomic E-state index is -1.02. The van der Waals surface area contributed by atoms with Crippen molar-refractivity contribution >= 4 is 35.2 Å². The Balaban J connectivity index is 1.75. The summed E-state index contributed by atoms with van der Waals surface area (Å²) in [6, 6.07) is 17.4. The second-order valence-electron chi connectivity index (χ2n) is 7.56. The molecule has 1 atom stereocenters. The number of amides is 3. The molecule has 0 bridgehead atoms. The van der Waals surface area contributed by atoms with Crippen LogP contribution >= 0.6 is 11.8 Å². The summed E-state index contributed by atoms with van der Waals surface area (Å²) in [6.07, 6.45) is 3.81. The summed E-state index contributed by atoms with van der Waals surface area (Å²) in [5, 5.41) is 10.5. The summed E-state index contributed by atoms with van der Waals surface area (Å²) in [4.78, 5) is 47.1. The van der Waals surface area contributed by atoms with Crippen LogP contribution < -0.4 is 4.90 Å². The Labute approximate surface area is 196 Å².